The number of hydrogen-bond donors (Lipinski definition) is 2. The van der Waals surface area contributed by atoms with Gasteiger partial charge in [-0.1, -0.05) is 6.42 Å². The monoisotopic (exact) mass is 266 g/mol. The van der Waals surface area contributed by atoms with Gasteiger partial charge < -0.3 is 10.6 Å². The van der Waals surface area contributed by atoms with E-state index in [0.29, 0.717) is 13.0 Å². The fourth-order valence-electron chi connectivity index (χ4n) is 2.10. The first kappa shape index (κ1) is 13.1. The zero-order chi connectivity index (χ0) is 13.0. The van der Waals surface area contributed by atoms with Crippen LogP contribution >= 0.6 is 11.3 Å². The number of nitrogens with one attached hydrogen (secondary N) is 2. The Balaban J connectivity index is 1.85. The summed E-state index contributed by atoms with van der Waals surface area (Å²) in [5.74, 6) is 0.0556. The minimum atomic E-state index is -0.0407. The number of amides is 2. The molecule has 5 heteroatoms. The minimum Gasteiger partial charge on any atom is -0.352 e. The lowest BCUT2D eigenvalue weighted by Gasteiger charge is -2.16. The minimum absolute atomic E-state index is 0.0407. The molecule has 1 aromatic rings. The van der Waals surface area contributed by atoms with Gasteiger partial charge in [0.25, 0.3) is 5.91 Å². The van der Waals surface area contributed by atoms with Gasteiger partial charge in [-0.15, -0.1) is 11.3 Å². The van der Waals surface area contributed by atoms with Gasteiger partial charge in [0.1, 0.15) is 0 Å². The second-order valence-corrected chi connectivity index (χ2v) is 5.57. The lowest BCUT2D eigenvalue weighted by atomic mass is 10.1. The van der Waals surface area contributed by atoms with Gasteiger partial charge in [-0.25, -0.2) is 0 Å². The maximum atomic E-state index is 11.9. The topological polar surface area (TPSA) is 58.2 Å². The van der Waals surface area contributed by atoms with Crippen LogP contribution < -0.4 is 10.6 Å². The summed E-state index contributed by atoms with van der Waals surface area (Å²) >= 11 is 1.45. The highest BCUT2D eigenvalue weighted by molar-refractivity contribution is 7.12. The number of carbonyl (C=O) groups is 2. The Hall–Kier alpha value is -1.36. The summed E-state index contributed by atoms with van der Waals surface area (Å²) < 4.78 is 0. The van der Waals surface area contributed by atoms with Gasteiger partial charge in [0.05, 0.1) is 4.88 Å². The molecule has 2 heterocycles. The van der Waals surface area contributed by atoms with E-state index in [1.807, 2.05) is 18.4 Å². The number of rotatable bonds is 3. The number of hydrogen-bond acceptors (Lipinski definition) is 3. The van der Waals surface area contributed by atoms with Gasteiger partial charge >= 0.3 is 0 Å². The molecule has 1 unspecified atom stereocenters. The molecule has 0 saturated carbocycles. The van der Waals surface area contributed by atoms with Crippen LogP contribution in [-0.4, -0.2) is 24.4 Å². The summed E-state index contributed by atoms with van der Waals surface area (Å²) in [6.07, 6.45) is 3.53. The SMILES string of the molecule is Cc1ccsc1C(=O)NCC1CCCCC(=O)N1. The van der Waals surface area contributed by atoms with Crippen LogP contribution in [0.2, 0.25) is 0 Å². The smallest absolute Gasteiger partial charge is 0.261 e. The summed E-state index contributed by atoms with van der Waals surface area (Å²) in [4.78, 5) is 24.1. The van der Waals surface area contributed by atoms with Crippen molar-refractivity contribution in [2.24, 2.45) is 0 Å². The second-order valence-electron chi connectivity index (χ2n) is 4.65. The third-order valence-electron chi connectivity index (χ3n) is 3.15. The zero-order valence-electron chi connectivity index (χ0n) is 10.5. The molecule has 0 spiro atoms. The average Bonchev–Trinajstić information content (AvgIpc) is 2.65. The molecule has 2 rings (SSSR count). The van der Waals surface area contributed by atoms with Gasteiger partial charge in [-0.05, 0) is 36.8 Å². The van der Waals surface area contributed by atoms with Crippen LogP contribution in [0.3, 0.4) is 0 Å². The van der Waals surface area contributed by atoms with Crippen molar-refractivity contribution < 1.29 is 9.59 Å². The summed E-state index contributed by atoms with van der Waals surface area (Å²) in [6, 6.07) is 2.01. The molecule has 0 bridgehead atoms. The molecular formula is C13H18N2O2S. The molecular weight excluding hydrogens is 248 g/mol. The number of aryl methyl sites for hydroxylation is 1. The van der Waals surface area contributed by atoms with Gasteiger partial charge in [-0.2, -0.15) is 0 Å². The van der Waals surface area contributed by atoms with E-state index in [9.17, 15) is 9.59 Å². The molecule has 1 atom stereocenters. The molecule has 2 N–H and O–H groups in total. The van der Waals surface area contributed by atoms with Gasteiger partial charge in [0, 0.05) is 19.0 Å². The molecule has 0 aromatic carbocycles. The fourth-order valence-corrected chi connectivity index (χ4v) is 2.94. The van der Waals surface area contributed by atoms with E-state index < -0.39 is 0 Å². The van der Waals surface area contributed by atoms with Crippen molar-refractivity contribution in [1.82, 2.24) is 10.6 Å². The van der Waals surface area contributed by atoms with Gasteiger partial charge in [0.15, 0.2) is 0 Å². The average molecular weight is 266 g/mol. The Labute approximate surface area is 111 Å². The van der Waals surface area contributed by atoms with Crippen molar-refractivity contribution in [2.45, 2.75) is 38.6 Å². The van der Waals surface area contributed by atoms with Crippen LogP contribution in [0.1, 0.15) is 40.9 Å². The normalized spacial score (nSPS) is 20.1. The van der Waals surface area contributed by atoms with Gasteiger partial charge in [-0.3, -0.25) is 9.59 Å². The molecule has 1 fully saturated rings. The van der Waals surface area contributed by atoms with E-state index >= 15 is 0 Å². The Morgan fingerprint density at radius 3 is 3.11 bits per heavy atom. The van der Waals surface area contributed by atoms with E-state index in [2.05, 4.69) is 10.6 Å². The highest BCUT2D eigenvalue weighted by Crippen LogP contribution is 2.15. The molecule has 0 radical (unpaired) electrons. The molecule has 4 nitrogen and oxygen atoms in total. The van der Waals surface area contributed by atoms with E-state index in [1.165, 1.54) is 11.3 Å². The van der Waals surface area contributed by atoms with Crippen LogP contribution in [0.4, 0.5) is 0 Å². The molecule has 0 aliphatic carbocycles. The van der Waals surface area contributed by atoms with Crippen molar-refractivity contribution in [2.75, 3.05) is 6.54 Å². The molecule has 2 amide bonds. The third-order valence-corrected chi connectivity index (χ3v) is 4.16. The van der Waals surface area contributed by atoms with Crippen molar-refractivity contribution in [3.63, 3.8) is 0 Å². The Bertz CT molecular complexity index is 442. The van der Waals surface area contributed by atoms with Crippen molar-refractivity contribution in [1.29, 1.82) is 0 Å². The Morgan fingerprint density at radius 2 is 2.39 bits per heavy atom. The van der Waals surface area contributed by atoms with Crippen LogP contribution in [0, 0.1) is 6.92 Å². The van der Waals surface area contributed by atoms with Crippen molar-refractivity contribution >= 4 is 23.2 Å². The van der Waals surface area contributed by atoms with E-state index in [-0.39, 0.29) is 17.9 Å². The summed E-state index contributed by atoms with van der Waals surface area (Å²) in [6.45, 7) is 2.45. The van der Waals surface area contributed by atoms with Crippen LogP contribution in [0.15, 0.2) is 11.4 Å². The number of carbonyl (C=O) groups excluding carboxylic acids is 2. The lowest BCUT2D eigenvalue weighted by Crippen LogP contribution is -2.42. The Kier molecular flexibility index (Phi) is 4.36. The first-order valence-electron chi connectivity index (χ1n) is 6.28. The largest absolute Gasteiger partial charge is 0.352 e. The van der Waals surface area contributed by atoms with Gasteiger partial charge in [0.2, 0.25) is 5.91 Å². The zero-order valence-corrected chi connectivity index (χ0v) is 11.3. The van der Waals surface area contributed by atoms with Crippen LogP contribution in [-0.2, 0) is 4.79 Å². The summed E-state index contributed by atoms with van der Waals surface area (Å²) in [5.41, 5.74) is 1.00. The first-order valence-corrected chi connectivity index (χ1v) is 7.16. The quantitative estimate of drug-likeness (QED) is 0.877. The van der Waals surface area contributed by atoms with E-state index in [0.717, 1.165) is 29.7 Å². The molecule has 1 aromatic heterocycles. The lowest BCUT2D eigenvalue weighted by molar-refractivity contribution is -0.121. The summed E-state index contributed by atoms with van der Waals surface area (Å²) in [7, 11) is 0. The van der Waals surface area contributed by atoms with Crippen LogP contribution in [0.5, 0.6) is 0 Å². The predicted molar refractivity (Wildman–Crippen MR) is 71.8 cm³/mol. The first-order chi connectivity index (χ1) is 8.66. The molecule has 1 aliphatic heterocycles. The molecule has 98 valence electrons. The molecule has 1 saturated heterocycles. The predicted octanol–water partition coefficient (Wildman–Crippen LogP) is 1.85. The summed E-state index contributed by atoms with van der Waals surface area (Å²) in [5, 5.41) is 7.76. The highest BCUT2D eigenvalue weighted by atomic mass is 32.1. The Morgan fingerprint density at radius 1 is 1.56 bits per heavy atom. The van der Waals surface area contributed by atoms with E-state index in [1.54, 1.807) is 0 Å². The maximum Gasteiger partial charge on any atom is 0.261 e. The standard InChI is InChI=1S/C13H18N2O2S/c1-9-6-7-18-12(9)13(17)14-8-10-4-2-3-5-11(16)15-10/h6-7,10H,2-5,8H2,1H3,(H,14,17)(H,15,16). The van der Waals surface area contributed by atoms with Crippen molar-refractivity contribution in [3.05, 3.63) is 21.9 Å². The van der Waals surface area contributed by atoms with Crippen LogP contribution in [0.25, 0.3) is 0 Å². The van der Waals surface area contributed by atoms with E-state index in [4.69, 9.17) is 0 Å². The highest BCUT2D eigenvalue weighted by Gasteiger charge is 2.18. The number of thiophene rings is 1. The molecule has 1 aliphatic rings. The third kappa shape index (κ3) is 3.32. The fraction of sp³-hybridized carbons (Fsp3) is 0.538. The molecule has 18 heavy (non-hydrogen) atoms. The second kappa shape index (κ2) is 6.00. The maximum absolute atomic E-state index is 11.9. The van der Waals surface area contributed by atoms with Crippen molar-refractivity contribution in [3.8, 4) is 0 Å².